The van der Waals surface area contributed by atoms with Gasteiger partial charge in [0.25, 0.3) is 0 Å². The monoisotopic (exact) mass is 276 g/mol. The molecule has 2 rings (SSSR count). The van der Waals surface area contributed by atoms with Gasteiger partial charge < -0.3 is 14.8 Å². The van der Waals surface area contributed by atoms with Gasteiger partial charge in [-0.1, -0.05) is 0 Å². The van der Waals surface area contributed by atoms with Gasteiger partial charge in [-0.3, -0.25) is 9.67 Å². The summed E-state index contributed by atoms with van der Waals surface area (Å²) in [4.78, 5) is 4.09. The van der Waals surface area contributed by atoms with Crippen LogP contribution in [0.1, 0.15) is 24.2 Å². The molecule has 0 aliphatic heterocycles. The Bertz CT molecular complexity index is 547. The van der Waals surface area contributed by atoms with Crippen LogP contribution < -0.4 is 14.8 Å². The van der Waals surface area contributed by atoms with Crippen molar-refractivity contribution in [3.05, 3.63) is 35.9 Å². The minimum atomic E-state index is -0.0784. The molecule has 108 valence electrons. The molecule has 0 saturated heterocycles. The molecule has 6 heteroatoms. The molecule has 1 atom stereocenters. The first-order valence-corrected chi connectivity index (χ1v) is 6.51. The molecule has 0 bridgehead atoms. The maximum atomic E-state index is 5.43. The fourth-order valence-corrected chi connectivity index (χ4v) is 2.32. The van der Waals surface area contributed by atoms with Gasteiger partial charge in [-0.2, -0.15) is 5.10 Å². The maximum absolute atomic E-state index is 5.43. The zero-order chi connectivity index (χ0) is 14.5. The zero-order valence-electron chi connectivity index (χ0n) is 12.3. The number of hydrogen-bond acceptors (Lipinski definition) is 5. The normalized spacial score (nSPS) is 12.2. The van der Waals surface area contributed by atoms with Crippen molar-refractivity contribution in [1.82, 2.24) is 20.1 Å². The highest BCUT2D eigenvalue weighted by atomic mass is 16.5. The van der Waals surface area contributed by atoms with Gasteiger partial charge in [0.05, 0.1) is 32.7 Å². The van der Waals surface area contributed by atoms with Gasteiger partial charge in [-0.15, -0.1) is 0 Å². The Morgan fingerprint density at radius 1 is 1.25 bits per heavy atom. The maximum Gasteiger partial charge on any atom is 0.161 e. The lowest BCUT2D eigenvalue weighted by Crippen LogP contribution is -2.22. The zero-order valence-corrected chi connectivity index (χ0v) is 12.3. The van der Waals surface area contributed by atoms with E-state index in [0.717, 1.165) is 29.3 Å². The minimum absolute atomic E-state index is 0.0784. The number of nitrogens with zero attached hydrogens (tertiary/aromatic N) is 3. The van der Waals surface area contributed by atoms with Crippen LogP contribution in [0, 0.1) is 0 Å². The number of methoxy groups -OCH3 is 2. The predicted molar refractivity (Wildman–Crippen MR) is 76.1 cm³/mol. The first-order chi connectivity index (χ1) is 9.76. The van der Waals surface area contributed by atoms with Crippen LogP contribution in [-0.4, -0.2) is 36.0 Å². The van der Waals surface area contributed by atoms with Crippen LogP contribution in [0.15, 0.2) is 24.7 Å². The lowest BCUT2D eigenvalue weighted by atomic mass is 10.0. The van der Waals surface area contributed by atoms with Crippen LogP contribution in [0.3, 0.4) is 0 Å². The number of pyridine rings is 1. The van der Waals surface area contributed by atoms with Crippen molar-refractivity contribution in [1.29, 1.82) is 0 Å². The standard InChI is InChI=1S/C14H20N4O2/c1-5-18-14(12(20-4)9-17-18)13(15-2)10-6-7-16-8-11(10)19-3/h6-9,13,15H,5H2,1-4H3. The summed E-state index contributed by atoms with van der Waals surface area (Å²) in [6, 6.07) is 1.86. The molecule has 20 heavy (non-hydrogen) atoms. The summed E-state index contributed by atoms with van der Waals surface area (Å²) in [6.07, 6.45) is 5.19. The molecule has 0 fully saturated rings. The minimum Gasteiger partial charge on any atom is -0.495 e. The van der Waals surface area contributed by atoms with E-state index in [9.17, 15) is 0 Å². The second kappa shape index (κ2) is 6.38. The predicted octanol–water partition coefficient (Wildman–Crippen LogP) is 1.62. The molecule has 0 aliphatic carbocycles. The van der Waals surface area contributed by atoms with E-state index in [1.807, 2.05) is 24.7 Å². The van der Waals surface area contributed by atoms with Crippen LogP contribution in [0.2, 0.25) is 0 Å². The molecule has 2 aromatic rings. The Kier molecular flexibility index (Phi) is 4.57. The lowest BCUT2D eigenvalue weighted by Gasteiger charge is -2.21. The van der Waals surface area contributed by atoms with Crippen LogP contribution >= 0.6 is 0 Å². The topological polar surface area (TPSA) is 61.2 Å². The Morgan fingerprint density at radius 3 is 2.60 bits per heavy atom. The van der Waals surface area contributed by atoms with E-state index in [-0.39, 0.29) is 6.04 Å². The van der Waals surface area contributed by atoms with Crippen molar-refractivity contribution in [2.24, 2.45) is 0 Å². The van der Waals surface area contributed by atoms with Crippen LogP contribution in [-0.2, 0) is 6.54 Å². The van der Waals surface area contributed by atoms with Gasteiger partial charge in [-0.05, 0) is 20.0 Å². The highest BCUT2D eigenvalue weighted by Gasteiger charge is 2.24. The number of rotatable bonds is 6. The molecule has 0 aromatic carbocycles. The first-order valence-electron chi connectivity index (χ1n) is 6.51. The Hall–Kier alpha value is -2.08. The van der Waals surface area contributed by atoms with Crippen molar-refractivity contribution in [2.45, 2.75) is 19.5 Å². The second-order valence-corrected chi connectivity index (χ2v) is 4.25. The summed E-state index contributed by atoms with van der Waals surface area (Å²) in [5.41, 5.74) is 1.97. The third-order valence-electron chi connectivity index (χ3n) is 3.27. The molecule has 6 nitrogen and oxygen atoms in total. The largest absolute Gasteiger partial charge is 0.495 e. The van der Waals surface area contributed by atoms with Gasteiger partial charge in [0, 0.05) is 18.3 Å². The van der Waals surface area contributed by atoms with Crippen molar-refractivity contribution in [3.63, 3.8) is 0 Å². The third-order valence-corrected chi connectivity index (χ3v) is 3.27. The van der Waals surface area contributed by atoms with E-state index < -0.39 is 0 Å². The molecule has 1 N–H and O–H groups in total. The molecule has 0 amide bonds. The highest BCUT2D eigenvalue weighted by molar-refractivity contribution is 5.42. The molecule has 0 radical (unpaired) electrons. The molecular weight excluding hydrogens is 256 g/mol. The van der Waals surface area contributed by atoms with Crippen molar-refractivity contribution in [2.75, 3.05) is 21.3 Å². The molecule has 0 spiro atoms. The van der Waals surface area contributed by atoms with E-state index >= 15 is 0 Å². The average molecular weight is 276 g/mol. The third kappa shape index (κ3) is 2.46. The number of aryl methyl sites for hydroxylation is 1. The number of hydrogen-bond donors (Lipinski definition) is 1. The summed E-state index contributed by atoms with van der Waals surface area (Å²) in [5.74, 6) is 1.49. The second-order valence-electron chi connectivity index (χ2n) is 4.25. The van der Waals surface area contributed by atoms with Gasteiger partial charge in [-0.25, -0.2) is 0 Å². The lowest BCUT2D eigenvalue weighted by molar-refractivity contribution is 0.390. The number of aromatic nitrogens is 3. The number of ether oxygens (including phenoxy) is 2. The smallest absolute Gasteiger partial charge is 0.161 e. The fraction of sp³-hybridized carbons (Fsp3) is 0.429. The Balaban J connectivity index is 2.55. The highest BCUT2D eigenvalue weighted by Crippen LogP contribution is 2.33. The van der Waals surface area contributed by atoms with Crippen LogP contribution in [0.4, 0.5) is 0 Å². The average Bonchev–Trinajstić information content (AvgIpc) is 2.91. The number of nitrogens with one attached hydrogen (secondary N) is 1. The van der Waals surface area contributed by atoms with Crippen LogP contribution in [0.25, 0.3) is 0 Å². The van der Waals surface area contributed by atoms with Crippen molar-refractivity contribution in [3.8, 4) is 11.5 Å². The van der Waals surface area contributed by atoms with Gasteiger partial charge in [0.2, 0.25) is 0 Å². The first kappa shape index (κ1) is 14.3. The molecule has 0 aliphatic rings. The SMILES string of the molecule is CCn1ncc(OC)c1C(NC)c1ccncc1OC. The van der Waals surface area contributed by atoms with Gasteiger partial charge >= 0.3 is 0 Å². The quantitative estimate of drug-likeness (QED) is 0.869. The summed E-state index contributed by atoms with van der Waals surface area (Å²) >= 11 is 0. The molecule has 1 unspecified atom stereocenters. The summed E-state index contributed by atoms with van der Waals surface area (Å²) in [7, 11) is 5.19. The van der Waals surface area contributed by atoms with Gasteiger partial charge in [0.15, 0.2) is 5.75 Å². The molecule has 2 aromatic heterocycles. The Morgan fingerprint density at radius 2 is 2.00 bits per heavy atom. The fourth-order valence-electron chi connectivity index (χ4n) is 2.32. The van der Waals surface area contributed by atoms with E-state index in [2.05, 4.69) is 15.4 Å². The Labute approximate surface area is 118 Å². The molecule has 2 heterocycles. The van der Waals surface area contributed by atoms with E-state index in [4.69, 9.17) is 9.47 Å². The van der Waals surface area contributed by atoms with Gasteiger partial charge in [0.1, 0.15) is 11.4 Å². The summed E-state index contributed by atoms with van der Waals surface area (Å²) in [5, 5.41) is 7.65. The molecular formula is C14H20N4O2. The summed E-state index contributed by atoms with van der Waals surface area (Å²) < 4.78 is 12.7. The van der Waals surface area contributed by atoms with Crippen molar-refractivity contribution < 1.29 is 9.47 Å². The van der Waals surface area contributed by atoms with Crippen LogP contribution in [0.5, 0.6) is 11.5 Å². The molecule has 0 saturated carbocycles. The van der Waals surface area contributed by atoms with E-state index in [0.29, 0.717) is 0 Å². The van der Waals surface area contributed by atoms with E-state index in [1.165, 1.54) is 0 Å². The van der Waals surface area contributed by atoms with E-state index in [1.54, 1.807) is 32.8 Å². The van der Waals surface area contributed by atoms with Crippen molar-refractivity contribution >= 4 is 0 Å². The summed E-state index contributed by atoms with van der Waals surface area (Å²) in [6.45, 7) is 2.82.